The Bertz CT molecular complexity index is 485. The van der Waals surface area contributed by atoms with Crippen LogP contribution < -0.4 is 5.32 Å². The van der Waals surface area contributed by atoms with E-state index in [9.17, 15) is 13.2 Å². The van der Waals surface area contributed by atoms with Gasteiger partial charge in [0, 0.05) is 12.8 Å². The summed E-state index contributed by atoms with van der Waals surface area (Å²) in [6, 6.07) is -0.210. The van der Waals surface area contributed by atoms with Crippen molar-refractivity contribution < 1.29 is 13.2 Å². The molecule has 0 bridgehead atoms. The van der Waals surface area contributed by atoms with Crippen LogP contribution in [0.4, 0.5) is 0 Å². The van der Waals surface area contributed by atoms with Crippen molar-refractivity contribution in [1.82, 2.24) is 10.2 Å². The van der Waals surface area contributed by atoms with Crippen LogP contribution in [0.2, 0.25) is 0 Å². The summed E-state index contributed by atoms with van der Waals surface area (Å²) in [5, 5.41) is 3.40. The zero-order valence-corrected chi connectivity index (χ0v) is 15.1. The van der Waals surface area contributed by atoms with Crippen molar-refractivity contribution in [3.05, 3.63) is 0 Å². The van der Waals surface area contributed by atoms with Crippen molar-refractivity contribution in [1.29, 1.82) is 0 Å². The van der Waals surface area contributed by atoms with E-state index < -0.39 is 14.6 Å². The Morgan fingerprint density at radius 3 is 2.19 bits per heavy atom. The van der Waals surface area contributed by atoms with Crippen LogP contribution >= 0.6 is 0 Å². The molecule has 1 amide bonds. The summed E-state index contributed by atoms with van der Waals surface area (Å²) in [7, 11) is -3.23. The molecule has 1 aliphatic rings. The minimum atomic E-state index is -3.23. The lowest BCUT2D eigenvalue weighted by atomic mass is 9.99. The molecule has 21 heavy (non-hydrogen) atoms. The number of amides is 1. The lowest BCUT2D eigenvalue weighted by Crippen LogP contribution is -2.50. The van der Waals surface area contributed by atoms with Gasteiger partial charge in [-0.3, -0.25) is 10.1 Å². The van der Waals surface area contributed by atoms with E-state index in [0.717, 1.165) is 6.42 Å². The van der Waals surface area contributed by atoms with Gasteiger partial charge in [-0.25, -0.2) is 8.42 Å². The first-order valence-corrected chi connectivity index (χ1v) is 9.57. The Hall–Kier alpha value is -0.620. The van der Waals surface area contributed by atoms with Gasteiger partial charge in [-0.1, -0.05) is 34.1 Å². The minimum Gasteiger partial charge on any atom is -0.324 e. The maximum atomic E-state index is 12.7. The fourth-order valence-electron chi connectivity index (χ4n) is 2.56. The van der Waals surface area contributed by atoms with E-state index in [4.69, 9.17) is 0 Å². The van der Waals surface area contributed by atoms with Gasteiger partial charge < -0.3 is 4.90 Å². The molecule has 1 heterocycles. The Morgan fingerprint density at radius 2 is 1.81 bits per heavy atom. The van der Waals surface area contributed by atoms with E-state index in [1.54, 1.807) is 18.7 Å². The molecule has 0 radical (unpaired) electrons. The molecule has 6 heteroatoms. The standard InChI is InChI=1S/C15H30N2O3S/c1-8-11(4)12-14(18)17(13(16-12)10(2)3)9-15(5,6)21(7,19)20/h10-13,16H,8-9H2,1-7H3. The van der Waals surface area contributed by atoms with Crippen LogP contribution in [0.25, 0.3) is 0 Å². The Kier molecular flexibility index (Phi) is 5.48. The predicted molar refractivity (Wildman–Crippen MR) is 85.6 cm³/mol. The number of rotatable bonds is 6. The van der Waals surface area contributed by atoms with Crippen molar-refractivity contribution in [3.63, 3.8) is 0 Å². The average Bonchev–Trinajstić information content (AvgIpc) is 2.64. The monoisotopic (exact) mass is 318 g/mol. The maximum Gasteiger partial charge on any atom is 0.241 e. The second kappa shape index (κ2) is 6.24. The first-order valence-electron chi connectivity index (χ1n) is 7.68. The molecule has 0 spiro atoms. The van der Waals surface area contributed by atoms with E-state index in [2.05, 4.69) is 19.2 Å². The van der Waals surface area contributed by atoms with E-state index in [1.165, 1.54) is 6.26 Å². The quantitative estimate of drug-likeness (QED) is 0.808. The van der Waals surface area contributed by atoms with Crippen LogP contribution in [-0.2, 0) is 14.6 Å². The highest BCUT2D eigenvalue weighted by molar-refractivity contribution is 7.92. The summed E-state index contributed by atoms with van der Waals surface area (Å²) in [4.78, 5) is 14.4. The SMILES string of the molecule is CCC(C)C1NC(C(C)C)N(CC(C)(C)S(C)(=O)=O)C1=O. The van der Waals surface area contributed by atoms with E-state index in [0.29, 0.717) is 0 Å². The van der Waals surface area contributed by atoms with Crippen LogP contribution in [-0.4, -0.2) is 49.0 Å². The summed E-state index contributed by atoms with van der Waals surface area (Å²) in [6.45, 7) is 11.8. The normalized spacial score (nSPS) is 25.7. The van der Waals surface area contributed by atoms with Crippen LogP contribution in [0, 0.1) is 11.8 Å². The van der Waals surface area contributed by atoms with E-state index >= 15 is 0 Å². The second-order valence-electron chi connectivity index (χ2n) is 7.22. The zero-order valence-electron chi connectivity index (χ0n) is 14.3. The molecule has 0 aromatic carbocycles. The molecule has 1 saturated heterocycles. The summed E-state index contributed by atoms with van der Waals surface area (Å²) in [5.41, 5.74) is 0. The number of hydrogen-bond acceptors (Lipinski definition) is 4. The number of carbonyl (C=O) groups is 1. The molecule has 124 valence electrons. The van der Waals surface area contributed by atoms with Crippen molar-refractivity contribution in [2.24, 2.45) is 11.8 Å². The zero-order chi connectivity index (χ0) is 16.6. The third kappa shape index (κ3) is 3.77. The van der Waals surface area contributed by atoms with Crippen LogP contribution in [0.5, 0.6) is 0 Å². The number of nitrogens with zero attached hydrogens (tertiary/aromatic N) is 1. The maximum absolute atomic E-state index is 12.7. The molecule has 1 rings (SSSR count). The molecular formula is C15H30N2O3S. The van der Waals surface area contributed by atoms with E-state index in [1.807, 2.05) is 13.8 Å². The van der Waals surface area contributed by atoms with Gasteiger partial charge in [-0.2, -0.15) is 0 Å². The lowest BCUT2D eigenvalue weighted by molar-refractivity contribution is -0.131. The molecule has 0 aromatic heterocycles. The third-order valence-electron chi connectivity index (χ3n) is 4.63. The van der Waals surface area contributed by atoms with Gasteiger partial charge in [0.25, 0.3) is 0 Å². The van der Waals surface area contributed by atoms with Gasteiger partial charge in [-0.15, -0.1) is 0 Å². The third-order valence-corrected chi connectivity index (χ3v) is 6.77. The largest absolute Gasteiger partial charge is 0.324 e. The summed E-state index contributed by atoms with van der Waals surface area (Å²) >= 11 is 0. The smallest absolute Gasteiger partial charge is 0.241 e. The molecule has 1 aliphatic heterocycles. The molecule has 0 aromatic rings. The van der Waals surface area contributed by atoms with Gasteiger partial charge in [0.15, 0.2) is 9.84 Å². The Labute approximate surface area is 129 Å². The highest BCUT2D eigenvalue weighted by Crippen LogP contribution is 2.27. The Balaban J connectivity index is 3.05. The van der Waals surface area contributed by atoms with Crippen LogP contribution in [0.3, 0.4) is 0 Å². The fraction of sp³-hybridized carbons (Fsp3) is 0.933. The van der Waals surface area contributed by atoms with Gasteiger partial charge in [0.1, 0.15) is 0 Å². The number of sulfone groups is 1. The topological polar surface area (TPSA) is 66.5 Å². The average molecular weight is 318 g/mol. The molecule has 3 atom stereocenters. The summed E-state index contributed by atoms with van der Waals surface area (Å²) < 4.78 is 22.9. The molecular weight excluding hydrogens is 288 g/mol. The van der Waals surface area contributed by atoms with Crippen molar-refractivity contribution in [3.8, 4) is 0 Å². The summed E-state index contributed by atoms with van der Waals surface area (Å²) in [6.07, 6.45) is 2.05. The summed E-state index contributed by atoms with van der Waals surface area (Å²) in [5.74, 6) is 0.503. The highest BCUT2D eigenvalue weighted by Gasteiger charge is 2.45. The Morgan fingerprint density at radius 1 is 1.29 bits per heavy atom. The van der Waals surface area contributed by atoms with E-state index in [-0.39, 0.29) is 36.5 Å². The van der Waals surface area contributed by atoms with Crippen molar-refractivity contribution >= 4 is 15.7 Å². The fourth-order valence-corrected chi connectivity index (χ4v) is 2.93. The first-order chi connectivity index (χ1) is 9.42. The van der Waals surface area contributed by atoms with Gasteiger partial charge in [0.05, 0.1) is 17.0 Å². The first kappa shape index (κ1) is 18.4. The molecule has 3 unspecified atom stereocenters. The number of carbonyl (C=O) groups excluding carboxylic acids is 1. The molecule has 1 fully saturated rings. The highest BCUT2D eigenvalue weighted by atomic mass is 32.2. The second-order valence-corrected chi connectivity index (χ2v) is 9.87. The van der Waals surface area contributed by atoms with Gasteiger partial charge in [-0.05, 0) is 25.7 Å². The molecule has 0 aliphatic carbocycles. The molecule has 0 saturated carbocycles. The van der Waals surface area contributed by atoms with Crippen LogP contribution in [0.1, 0.15) is 48.0 Å². The van der Waals surface area contributed by atoms with Crippen molar-refractivity contribution in [2.45, 2.75) is 64.9 Å². The van der Waals surface area contributed by atoms with Crippen LogP contribution in [0.15, 0.2) is 0 Å². The number of nitrogens with one attached hydrogen (secondary N) is 1. The number of hydrogen-bond donors (Lipinski definition) is 1. The van der Waals surface area contributed by atoms with Gasteiger partial charge >= 0.3 is 0 Å². The molecule has 1 N–H and O–H groups in total. The molecule has 5 nitrogen and oxygen atoms in total. The van der Waals surface area contributed by atoms with Gasteiger partial charge in [0.2, 0.25) is 5.91 Å². The lowest BCUT2D eigenvalue weighted by Gasteiger charge is -2.33. The van der Waals surface area contributed by atoms with Crippen molar-refractivity contribution in [2.75, 3.05) is 12.8 Å². The minimum absolute atomic E-state index is 0.0276. The predicted octanol–water partition coefficient (Wildman–Crippen LogP) is 1.64.